The van der Waals surface area contributed by atoms with Crippen molar-refractivity contribution in [1.82, 2.24) is 4.98 Å². The zero-order valence-corrected chi connectivity index (χ0v) is 13.7. The number of aromatic nitrogens is 1. The summed E-state index contributed by atoms with van der Waals surface area (Å²) in [4.78, 5) is 4.46. The van der Waals surface area contributed by atoms with Gasteiger partial charge in [0.15, 0.2) is 0 Å². The van der Waals surface area contributed by atoms with Crippen LogP contribution in [0.5, 0.6) is 0 Å². The molecule has 0 aliphatic rings. The molecule has 92 valence electrons. The largest absolute Gasteiger partial charge is 0.388 e. The predicted octanol–water partition coefficient (Wildman–Crippen LogP) is 3.83. The molecule has 0 bridgehead atoms. The van der Waals surface area contributed by atoms with E-state index in [-0.39, 0.29) is 4.99 Å². The van der Waals surface area contributed by atoms with Gasteiger partial charge >= 0.3 is 0 Å². The molecule has 0 amide bonds. The van der Waals surface area contributed by atoms with E-state index < -0.39 is 0 Å². The van der Waals surface area contributed by atoms with Crippen LogP contribution in [-0.4, -0.2) is 9.97 Å². The molecule has 0 saturated heterocycles. The Morgan fingerprint density at radius 1 is 1.33 bits per heavy atom. The Bertz CT molecular complexity index is 604. The smallest absolute Gasteiger partial charge is 0.124 e. The number of rotatable bonds is 3. The Labute approximate surface area is 132 Å². The molecule has 0 radical (unpaired) electrons. The molecule has 6 heteroatoms. The van der Waals surface area contributed by atoms with Gasteiger partial charge in [0.05, 0.1) is 11.4 Å². The van der Waals surface area contributed by atoms with Crippen LogP contribution in [0.4, 0.5) is 11.4 Å². The second kappa shape index (κ2) is 5.94. The van der Waals surface area contributed by atoms with Crippen LogP contribution in [0, 0.1) is 3.57 Å². The Balaban J connectivity index is 2.40. The fourth-order valence-electron chi connectivity index (χ4n) is 1.44. The van der Waals surface area contributed by atoms with Gasteiger partial charge < -0.3 is 11.1 Å². The summed E-state index contributed by atoms with van der Waals surface area (Å²) in [5, 5.41) is 3.30. The van der Waals surface area contributed by atoms with Crippen LogP contribution in [0.3, 0.4) is 0 Å². The van der Waals surface area contributed by atoms with Crippen molar-refractivity contribution < 1.29 is 0 Å². The number of anilines is 2. The maximum Gasteiger partial charge on any atom is 0.124 e. The molecule has 3 nitrogen and oxygen atoms in total. The van der Waals surface area contributed by atoms with Gasteiger partial charge in [-0.1, -0.05) is 28.1 Å². The van der Waals surface area contributed by atoms with E-state index in [4.69, 9.17) is 18.0 Å². The normalized spacial score (nSPS) is 10.1. The second-order valence-corrected chi connectivity index (χ2v) is 6.03. The lowest BCUT2D eigenvalue weighted by molar-refractivity contribution is 1.28. The summed E-state index contributed by atoms with van der Waals surface area (Å²) in [6.45, 7) is 0. The molecule has 3 N–H and O–H groups in total. The number of halogens is 2. The van der Waals surface area contributed by atoms with Crippen molar-refractivity contribution in [2.75, 3.05) is 5.32 Å². The van der Waals surface area contributed by atoms with Gasteiger partial charge in [0.1, 0.15) is 10.7 Å². The monoisotopic (exact) mass is 433 g/mol. The van der Waals surface area contributed by atoms with Gasteiger partial charge in [-0.3, -0.25) is 4.98 Å². The van der Waals surface area contributed by atoms with Crippen LogP contribution in [0.25, 0.3) is 0 Å². The van der Waals surface area contributed by atoms with Gasteiger partial charge in [0, 0.05) is 14.2 Å². The summed E-state index contributed by atoms with van der Waals surface area (Å²) in [6.07, 6.45) is 1.67. The summed E-state index contributed by atoms with van der Waals surface area (Å²) in [6, 6.07) is 9.75. The SMILES string of the molecule is NC(=S)c1ncccc1Nc1cc(Br)ccc1I. The fraction of sp³-hybridized carbons (Fsp3) is 0. The Morgan fingerprint density at radius 3 is 2.83 bits per heavy atom. The van der Waals surface area contributed by atoms with E-state index in [1.54, 1.807) is 6.20 Å². The summed E-state index contributed by atoms with van der Waals surface area (Å²) in [5.41, 5.74) is 8.04. The van der Waals surface area contributed by atoms with Crippen molar-refractivity contribution in [3.05, 3.63) is 50.3 Å². The maximum absolute atomic E-state index is 5.65. The van der Waals surface area contributed by atoms with E-state index in [1.807, 2.05) is 30.3 Å². The minimum atomic E-state index is 0.281. The van der Waals surface area contributed by atoms with Crippen molar-refractivity contribution in [2.24, 2.45) is 5.73 Å². The molecular formula is C12H9BrIN3S. The highest BCUT2D eigenvalue weighted by Crippen LogP contribution is 2.27. The first-order valence-corrected chi connectivity index (χ1v) is 7.33. The lowest BCUT2D eigenvalue weighted by Gasteiger charge is -2.12. The number of nitrogens with one attached hydrogen (secondary N) is 1. The van der Waals surface area contributed by atoms with E-state index >= 15 is 0 Å². The predicted molar refractivity (Wildman–Crippen MR) is 90.3 cm³/mol. The molecule has 1 heterocycles. The number of pyridine rings is 1. The van der Waals surface area contributed by atoms with E-state index in [0.717, 1.165) is 19.4 Å². The molecule has 0 unspecified atom stereocenters. The minimum Gasteiger partial charge on any atom is -0.388 e. The molecule has 0 saturated carbocycles. The van der Waals surface area contributed by atoms with Gasteiger partial charge in [-0.05, 0) is 52.9 Å². The van der Waals surface area contributed by atoms with Crippen molar-refractivity contribution in [3.63, 3.8) is 0 Å². The van der Waals surface area contributed by atoms with Crippen LogP contribution in [0.15, 0.2) is 41.0 Å². The zero-order valence-electron chi connectivity index (χ0n) is 9.15. The number of hydrogen-bond donors (Lipinski definition) is 2. The van der Waals surface area contributed by atoms with E-state index in [9.17, 15) is 0 Å². The van der Waals surface area contributed by atoms with Crippen LogP contribution >= 0.6 is 50.7 Å². The Hall–Kier alpha value is -0.730. The van der Waals surface area contributed by atoms with Crippen molar-refractivity contribution in [2.45, 2.75) is 0 Å². The molecule has 1 aromatic heterocycles. The number of nitrogens with zero attached hydrogens (tertiary/aromatic N) is 1. The van der Waals surface area contributed by atoms with Gasteiger partial charge in [0.25, 0.3) is 0 Å². The molecule has 0 atom stereocenters. The minimum absolute atomic E-state index is 0.281. The average Bonchev–Trinajstić information content (AvgIpc) is 2.34. The van der Waals surface area contributed by atoms with Crippen LogP contribution in [-0.2, 0) is 0 Å². The lowest BCUT2D eigenvalue weighted by atomic mass is 10.2. The third-order valence-corrected chi connectivity index (χ3v) is 3.87. The molecular weight excluding hydrogens is 425 g/mol. The van der Waals surface area contributed by atoms with Gasteiger partial charge in [0.2, 0.25) is 0 Å². The van der Waals surface area contributed by atoms with Crippen molar-refractivity contribution in [3.8, 4) is 0 Å². The number of nitrogens with two attached hydrogens (primary N) is 1. The van der Waals surface area contributed by atoms with Gasteiger partial charge in [-0.2, -0.15) is 0 Å². The van der Waals surface area contributed by atoms with E-state index in [2.05, 4.69) is 48.8 Å². The molecule has 1 aromatic carbocycles. The number of hydrogen-bond acceptors (Lipinski definition) is 3. The van der Waals surface area contributed by atoms with E-state index in [0.29, 0.717) is 5.69 Å². The Kier molecular flexibility index (Phi) is 4.52. The molecule has 0 aliphatic carbocycles. The summed E-state index contributed by atoms with van der Waals surface area (Å²) < 4.78 is 2.11. The third-order valence-electron chi connectivity index (χ3n) is 2.24. The van der Waals surface area contributed by atoms with E-state index in [1.165, 1.54) is 0 Å². The number of benzene rings is 1. The van der Waals surface area contributed by atoms with Crippen molar-refractivity contribution >= 4 is 67.1 Å². The average molecular weight is 434 g/mol. The number of thiocarbonyl (C=S) groups is 1. The molecule has 0 spiro atoms. The first-order valence-electron chi connectivity index (χ1n) is 5.05. The quantitative estimate of drug-likeness (QED) is 0.570. The van der Waals surface area contributed by atoms with Crippen LogP contribution < -0.4 is 11.1 Å². The standard InChI is InChI=1S/C12H9BrIN3S/c13-7-3-4-8(14)10(6-7)17-9-2-1-5-16-11(9)12(15)18/h1-6,17H,(H2,15,18). The highest BCUT2D eigenvalue weighted by Gasteiger charge is 2.08. The zero-order chi connectivity index (χ0) is 13.1. The van der Waals surface area contributed by atoms with Crippen LogP contribution in [0.1, 0.15) is 5.69 Å². The highest BCUT2D eigenvalue weighted by atomic mass is 127. The summed E-state index contributed by atoms with van der Waals surface area (Å²) >= 11 is 10.7. The summed E-state index contributed by atoms with van der Waals surface area (Å²) in [7, 11) is 0. The fourth-order valence-corrected chi connectivity index (χ4v) is 2.43. The highest BCUT2D eigenvalue weighted by molar-refractivity contribution is 14.1. The first kappa shape index (κ1) is 13.7. The molecule has 2 rings (SSSR count). The summed E-state index contributed by atoms with van der Waals surface area (Å²) in [5.74, 6) is 0. The molecule has 0 aliphatic heterocycles. The molecule has 18 heavy (non-hydrogen) atoms. The first-order chi connectivity index (χ1) is 8.58. The van der Waals surface area contributed by atoms with Crippen LogP contribution in [0.2, 0.25) is 0 Å². The molecule has 2 aromatic rings. The Morgan fingerprint density at radius 2 is 2.11 bits per heavy atom. The third kappa shape index (κ3) is 3.18. The lowest BCUT2D eigenvalue weighted by Crippen LogP contribution is -2.14. The van der Waals surface area contributed by atoms with Gasteiger partial charge in [-0.15, -0.1) is 0 Å². The van der Waals surface area contributed by atoms with Gasteiger partial charge in [-0.25, -0.2) is 0 Å². The second-order valence-electron chi connectivity index (χ2n) is 3.51. The molecule has 0 fully saturated rings. The van der Waals surface area contributed by atoms with Crippen molar-refractivity contribution in [1.29, 1.82) is 0 Å². The maximum atomic E-state index is 5.65. The topological polar surface area (TPSA) is 50.9 Å².